The zero-order valence-corrected chi connectivity index (χ0v) is 11.3. The van der Waals surface area contributed by atoms with Crippen molar-refractivity contribution in [2.45, 2.75) is 0 Å². The van der Waals surface area contributed by atoms with Gasteiger partial charge in [0.1, 0.15) is 5.75 Å². The summed E-state index contributed by atoms with van der Waals surface area (Å²) in [6.07, 6.45) is 0. The third kappa shape index (κ3) is 2.31. The summed E-state index contributed by atoms with van der Waals surface area (Å²) in [5.41, 5.74) is 0. The van der Waals surface area contributed by atoms with Crippen molar-refractivity contribution in [1.29, 1.82) is 0 Å². The average molecular weight is 280 g/mol. The number of fused-ring (bicyclic) bond motifs is 3. The van der Waals surface area contributed by atoms with Crippen molar-refractivity contribution in [1.82, 2.24) is 0 Å². The first-order chi connectivity index (χ1) is 10.2. The van der Waals surface area contributed by atoms with E-state index in [1.807, 2.05) is 48.5 Å². The minimum atomic E-state index is -1.03. The normalized spacial score (nSPS) is 10.5. The van der Waals surface area contributed by atoms with Gasteiger partial charge in [0.25, 0.3) is 0 Å². The SMILES string of the molecule is COC(=O)C(=O)Oc1cc2ccccc2c2ccccc12. The fourth-order valence-electron chi connectivity index (χ4n) is 2.33. The number of hydrogen-bond donors (Lipinski definition) is 0. The van der Waals surface area contributed by atoms with Crippen molar-refractivity contribution in [2.24, 2.45) is 0 Å². The van der Waals surface area contributed by atoms with Crippen LogP contribution in [0.4, 0.5) is 0 Å². The topological polar surface area (TPSA) is 52.6 Å². The molecule has 0 unspecified atom stereocenters. The highest BCUT2D eigenvalue weighted by molar-refractivity contribution is 6.30. The van der Waals surface area contributed by atoms with Crippen LogP contribution in [-0.2, 0) is 14.3 Å². The lowest BCUT2D eigenvalue weighted by Crippen LogP contribution is -2.21. The summed E-state index contributed by atoms with van der Waals surface area (Å²) < 4.78 is 9.55. The zero-order valence-electron chi connectivity index (χ0n) is 11.3. The van der Waals surface area contributed by atoms with Gasteiger partial charge in [0.15, 0.2) is 0 Å². The molecule has 0 heterocycles. The van der Waals surface area contributed by atoms with Crippen LogP contribution in [0.3, 0.4) is 0 Å². The van der Waals surface area contributed by atoms with Crippen molar-refractivity contribution in [3.05, 3.63) is 54.6 Å². The Bertz CT molecular complexity index is 852. The molecule has 0 aromatic heterocycles. The lowest BCUT2D eigenvalue weighted by molar-refractivity contribution is -0.160. The third-order valence-corrected chi connectivity index (χ3v) is 3.28. The third-order valence-electron chi connectivity index (χ3n) is 3.28. The molecular formula is C17H12O4. The fourth-order valence-corrected chi connectivity index (χ4v) is 2.33. The van der Waals surface area contributed by atoms with E-state index < -0.39 is 11.9 Å². The van der Waals surface area contributed by atoms with Gasteiger partial charge in [-0.1, -0.05) is 48.5 Å². The lowest BCUT2D eigenvalue weighted by atomic mass is 10.0. The Labute approximate surface area is 120 Å². The van der Waals surface area contributed by atoms with Crippen LogP contribution >= 0.6 is 0 Å². The van der Waals surface area contributed by atoms with E-state index >= 15 is 0 Å². The molecule has 0 radical (unpaired) electrons. The van der Waals surface area contributed by atoms with Gasteiger partial charge >= 0.3 is 11.9 Å². The van der Waals surface area contributed by atoms with E-state index in [1.54, 1.807) is 6.07 Å². The Morgan fingerprint density at radius 1 is 0.810 bits per heavy atom. The van der Waals surface area contributed by atoms with Gasteiger partial charge in [-0.15, -0.1) is 0 Å². The van der Waals surface area contributed by atoms with Gasteiger partial charge in [0.2, 0.25) is 0 Å². The summed E-state index contributed by atoms with van der Waals surface area (Å²) in [6.45, 7) is 0. The van der Waals surface area contributed by atoms with Gasteiger partial charge in [-0.3, -0.25) is 0 Å². The molecule has 0 bridgehead atoms. The summed E-state index contributed by atoms with van der Waals surface area (Å²) in [6, 6.07) is 17.1. The molecule has 104 valence electrons. The van der Waals surface area contributed by atoms with Crippen LogP contribution in [0, 0.1) is 0 Å². The molecule has 0 aliphatic rings. The molecule has 3 aromatic rings. The molecule has 0 spiro atoms. The van der Waals surface area contributed by atoms with E-state index in [1.165, 1.54) is 0 Å². The highest BCUT2D eigenvalue weighted by Gasteiger charge is 2.18. The molecule has 4 heteroatoms. The van der Waals surface area contributed by atoms with Crippen LogP contribution < -0.4 is 4.74 Å². The molecule has 0 atom stereocenters. The van der Waals surface area contributed by atoms with Crippen LogP contribution in [0.25, 0.3) is 21.5 Å². The van der Waals surface area contributed by atoms with Crippen LogP contribution in [0.5, 0.6) is 5.75 Å². The van der Waals surface area contributed by atoms with Crippen LogP contribution in [-0.4, -0.2) is 19.0 Å². The summed E-state index contributed by atoms with van der Waals surface area (Å²) in [5.74, 6) is -1.70. The Morgan fingerprint density at radius 3 is 2.14 bits per heavy atom. The highest BCUT2D eigenvalue weighted by atomic mass is 16.6. The van der Waals surface area contributed by atoms with Crippen molar-refractivity contribution >= 4 is 33.5 Å². The molecule has 0 fully saturated rings. The molecule has 0 aliphatic carbocycles. The Morgan fingerprint density at radius 2 is 1.43 bits per heavy atom. The van der Waals surface area contributed by atoms with Gasteiger partial charge in [-0.2, -0.15) is 0 Å². The first kappa shape index (κ1) is 13.1. The maximum atomic E-state index is 11.6. The standard InChI is InChI=1S/C17H12O4/c1-20-16(18)17(19)21-15-10-11-6-2-3-7-12(11)13-8-4-5-9-14(13)15/h2-10H,1H3. The van der Waals surface area contributed by atoms with E-state index in [0.717, 1.165) is 28.7 Å². The molecule has 0 saturated heterocycles. The van der Waals surface area contributed by atoms with Gasteiger partial charge < -0.3 is 9.47 Å². The van der Waals surface area contributed by atoms with E-state index in [2.05, 4.69) is 4.74 Å². The number of ether oxygens (including phenoxy) is 2. The number of benzene rings is 3. The second-order valence-corrected chi connectivity index (χ2v) is 4.52. The zero-order chi connectivity index (χ0) is 14.8. The van der Waals surface area contributed by atoms with Gasteiger partial charge in [0, 0.05) is 5.39 Å². The van der Waals surface area contributed by atoms with Crippen LogP contribution in [0.1, 0.15) is 0 Å². The van der Waals surface area contributed by atoms with Crippen molar-refractivity contribution < 1.29 is 19.1 Å². The van der Waals surface area contributed by atoms with Crippen molar-refractivity contribution in [3.63, 3.8) is 0 Å². The molecule has 0 aliphatic heterocycles. The summed E-state index contributed by atoms with van der Waals surface area (Å²) in [4.78, 5) is 22.8. The Kier molecular flexibility index (Phi) is 3.28. The number of hydrogen-bond acceptors (Lipinski definition) is 4. The predicted octanol–water partition coefficient (Wildman–Crippen LogP) is 3.07. The minimum absolute atomic E-state index is 0.347. The number of methoxy groups -OCH3 is 1. The van der Waals surface area contributed by atoms with Crippen molar-refractivity contribution in [3.8, 4) is 5.75 Å². The van der Waals surface area contributed by atoms with Gasteiger partial charge in [0.05, 0.1) is 7.11 Å². The molecule has 4 nitrogen and oxygen atoms in total. The molecule has 3 rings (SSSR count). The summed E-state index contributed by atoms with van der Waals surface area (Å²) >= 11 is 0. The van der Waals surface area contributed by atoms with E-state index in [4.69, 9.17) is 4.74 Å². The monoisotopic (exact) mass is 280 g/mol. The van der Waals surface area contributed by atoms with Crippen LogP contribution in [0.2, 0.25) is 0 Å². The first-order valence-corrected chi connectivity index (χ1v) is 6.41. The second-order valence-electron chi connectivity index (χ2n) is 4.52. The minimum Gasteiger partial charge on any atom is -0.461 e. The number of carbonyl (C=O) groups is 2. The summed E-state index contributed by atoms with van der Waals surface area (Å²) in [5, 5.41) is 3.73. The number of rotatable bonds is 1. The Balaban J connectivity index is 2.21. The predicted molar refractivity (Wildman–Crippen MR) is 79.1 cm³/mol. The molecule has 0 N–H and O–H groups in total. The maximum Gasteiger partial charge on any atom is 0.422 e. The van der Waals surface area contributed by atoms with Gasteiger partial charge in [-0.05, 0) is 22.2 Å². The number of esters is 2. The molecule has 3 aromatic carbocycles. The second kappa shape index (κ2) is 5.25. The first-order valence-electron chi connectivity index (χ1n) is 6.41. The highest BCUT2D eigenvalue weighted by Crippen LogP contribution is 2.33. The van der Waals surface area contributed by atoms with E-state index in [-0.39, 0.29) is 0 Å². The quantitative estimate of drug-likeness (QED) is 0.297. The largest absolute Gasteiger partial charge is 0.461 e. The average Bonchev–Trinajstić information content (AvgIpc) is 2.54. The molecule has 21 heavy (non-hydrogen) atoms. The van der Waals surface area contributed by atoms with Gasteiger partial charge in [-0.25, -0.2) is 9.59 Å². The van der Waals surface area contributed by atoms with E-state index in [9.17, 15) is 9.59 Å². The molecule has 0 amide bonds. The fraction of sp³-hybridized carbons (Fsp3) is 0.0588. The maximum absolute atomic E-state index is 11.6. The number of carbonyl (C=O) groups excluding carboxylic acids is 2. The Hall–Kier alpha value is -2.88. The van der Waals surface area contributed by atoms with Crippen LogP contribution in [0.15, 0.2) is 54.6 Å². The van der Waals surface area contributed by atoms with Crippen molar-refractivity contribution in [2.75, 3.05) is 7.11 Å². The summed E-state index contributed by atoms with van der Waals surface area (Å²) in [7, 11) is 1.14. The molecule has 0 saturated carbocycles. The smallest absolute Gasteiger partial charge is 0.422 e. The van der Waals surface area contributed by atoms with E-state index in [0.29, 0.717) is 5.75 Å². The lowest BCUT2D eigenvalue weighted by Gasteiger charge is -2.10. The molecular weight excluding hydrogens is 268 g/mol.